The van der Waals surface area contributed by atoms with Crippen LogP contribution in [0.2, 0.25) is 0 Å². The highest BCUT2D eigenvalue weighted by atomic mass is 16.5. The maximum absolute atomic E-state index is 5.75. The molecule has 0 spiro atoms. The number of hydrogen-bond donors (Lipinski definition) is 0. The molecule has 2 fully saturated rings. The lowest BCUT2D eigenvalue weighted by Gasteiger charge is -2.36. The lowest BCUT2D eigenvalue weighted by Crippen LogP contribution is -2.46. The summed E-state index contributed by atoms with van der Waals surface area (Å²) >= 11 is 0. The molecule has 2 aromatic heterocycles. The van der Waals surface area contributed by atoms with Crippen molar-refractivity contribution in [2.75, 3.05) is 26.2 Å². The summed E-state index contributed by atoms with van der Waals surface area (Å²) in [6.45, 7) is 8.57. The predicted molar refractivity (Wildman–Crippen MR) is 80.6 cm³/mol. The zero-order valence-corrected chi connectivity index (χ0v) is 13.6. The molecule has 124 valence electrons. The number of nitrogens with zero attached hydrogens (tertiary/aromatic N) is 6. The van der Waals surface area contributed by atoms with E-state index in [1.54, 1.807) is 0 Å². The Bertz CT molecular complexity index is 656. The van der Waals surface area contributed by atoms with E-state index in [1.165, 1.54) is 12.8 Å². The molecule has 23 heavy (non-hydrogen) atoms. The highest BCUT2D eigenvalue weighted by Crippen LogP contribution is 2.39. The molecule has 0 aromatic carbocycles. The number of rotatable bonds is 5. The quantitative estimate of drug-likeness (QED) is 0.820. The fourth-order valence-electron chi connectivity index (χ4n) is 2.96. The van der Waals surface area contributed by atoms with Crippen LogP contribution < -0.4 is 0 Å². The van der Waals surface area contributed by atoms with Crippen LogP contribution >= 0.6 is 0 Å². The van der Waals surface area contributed by atoms with E-state index in [-0.39, 0.29) is 6.04 Å². The molecule has 8 heteroatoms. The van der Waals surface area contributed by atoms with Gasteiger partial charge in [-0.3, -0.25) is 9.80 Å². The van der Waals surface area contributed by atoms with Crippen molar-refractivity contribution in [1.82, 2.24) is 30.1 Å². The van der Waals surface area contributed by atoms with Gasteiger partial charge in [0, 0.05) is 32.1 Å². The normalized spacial score (nSPS) is 21.7. The first-order valence-electron chi connectivity index (χ1n) is 8.28. The van der Waals surface area contributed by atoms with Crippen LogP contribution in [0.4, 0.5) is 0 Å². The minimum atomic E-state index is 0.156. The van der Waals surface area contributed by atoms with E-state index in [9.17, 15) is 0 Å². The molecule has 0 unspecified atom stereocenters. The summed E-state index contributed by atoms with van der Waals surface area (Å²) in [5.41, 5.74) is 0. The van der Waals surface area contributed by atoms with Crippen molar-refractivity contribution in [3.8, 4) is 0 Å². The van der Waals surface area contributed by atoms with Gasteiger partial charge in [-0.2, -0.15) is 4.98 Å². The van der Waals surface area contributed by atoms with Gasteiger partial charge in [-0.15, -0.1) is 10.2 Å². The Kier molecular flexibility index (Phi) is 3.86. The molecule has 3 heterocycles. The van der Waals surface area contributed by atoms with Gasteiger partial charge in [0.25, 0.3) is 0 Å². The average Bonchev–Trinajstić information content (AvgIpc) is 3.16. The van der Waals surface area contributed by atoms with Crippen molar-refractivity contribution < 1.29 is 8.94 Å². The van der Waals surface area contributed by atoms with Crippen molar-refractivity contribution in [2.24, 2.45) is 0 Å². The highest BCUT2D eigenvalue weighted by Gasteiger charge is 2.30. The van der Waals surface area contributed by atoms with Gasteiger partial charge in [0.05, 0.1) is 12.6 Å². The summed E-state index contributed by atoms with van der Waals surface area (Å²) in [6, 6.07) is 0.156. The second-order valence-electron chi connectivity index (χ2n) is 6.48. The minimum Gasteiger partial charge on any atom is -0.424 e. The van der Waals surface area contributed by atoms with Crippen LogP contribution in [0.1, 0.15) is 55.2 Å². The topological polar surface area (TPSA) is 84.3 Å². The Balaban J connectivity index is 1.29. The fraction of sp³-hybridized carbons (Fsp3) is 0.733. The van der Waals surface area contributed by atoms with Crippen molar-refractivity contribution in [2.45, 2.75) is 45.2 Å². The van der Waals surface area contributed by atoms with E-state index in [2.05, 4.69) is 37.1 Å². The summed E-state index contributed by atoms with van der Waals surface area (Å²) in [5, 5.41) is 12.2. The van der Waals surface area contributed by atoms with Crippen molar-refractivity contribution in [3.05, 3.63) is 23.5 Å². The van der Waals surface area contributed by atoms with Gasteiger partial charge in [-0.25, -0.2) is 0 Å². The number of aromatic nitrogens is 4. The fourth-order valence-corrected chi connectivity index (χ4v) is 2.96. The van der Waals surface area contributed by atoms with E-state index in [0.29, 0.717) is 17.6 Å². The Morgan fingerprint density at radius 3 is 2.61 bits per heavy atom. The summed E-state index contributed by atoms with van der Waals surface area (Å²) in [7, 11) is 0. The van der Waals surface area contributed by atoms with Crippen LogP contribution in [0, 0.1) is 6.92 Å². The number of aryl methyl sites for hydroxylation is 1. The Morgan fingerprint density at radius 2 is 1.96 bits per heavy atom. The van der Waals surface area contributed by atoms with Crippen LogP contribution in [0.3, 0.4) is 0 Å². The van der Waals surface area contributed by atoms with E-state index < -0.39 is 0 Å². The number of piperazine rings is 1. The lowest BCUT2D eigenvalue weighted by molar-refractivity contribution is 0.0795. The molecule has 1 saturated carbocycles. The molecule has 2 aromatic rings. The van der Waals surface area contributed by atoms with E-state index in [0.717, 1.165) is 44.5 Å². The van der Waals surface area contributed by atoms with Crippen LogP contribution in [-0.2, 0) is 6.54 Å². The van der Waals surface area contributed by atoms with Crippen LogP contribution in [0.25, 0.3) is 0 Å². The second-order valence-corrected chi connectivity index (χ2v) is 6.48. The standard InChI is InChI=1S/C15H22N6O2/c1-10(14-16-11(2)19-23-14)21-7-5-20(6-8-21)9-13-17-18-15(22-13)12-3-4-12/h10,12H,3-9H2,1-2H3/t10-/m1/s1. The summed E-state index contributed by atoms with van der Waals surface area (Å²) in [4.78, 5) is 9.05. The van der Waals surface area contributed by atoms with Crippen LogP contribution in [0.15, 0.2) is 8.94 Å². The molecule has 1 aliphatic heterocycles. The monoisotopic (exact) mass is 318 g/mol. The molecular weight excluding hydrogens is 296 g/mol. The van der Waals surface area contributed by atoms with Gasteiger partial charge in [-0.05, 0) is 26.7 Å². The molecule has 1 aliphatic carbocycles. The van der Waals surface area contributed by atoms with Crippen LogP contribution in [-0.4, -0.2) is 56.3 Å². The van der Waals surface area contributed by atoms with Crippen molar-refractivity contribution in [1.29, 1.82) is 0 Å². The molecule has 8 nitrogen and oxygen atoms in total. The van der Waals surface area contributed by atoms with Gasteiger partial charge >= 0.3 is 0 Å². The molecule has 0 amide bonds. The third-order valence-corrected chi connectivity index (χ3v) is 4.62. The number of hydrogen-bond acceptors (Lipinski definition) is 8. The maximum Gasteiger partial charge on any atom is 0.243 e. The summed E-state index contributed by atoms with van der Waals surface area (Å²) in [5.74, 6) is 3.46. The van der Waals surface area contributed by atoms with Crippen molar-refractivity contribution >= 4 is 0 Å². The molecule has 0 N–H and O–H groups in total. The third kappa shape index (κ3) is 3.28. The van der Waals surface area contributed by atoms with E-state index >= 15 is 0 Å². The maximum atomic E-state index is 5.75. The smallest absolute Gasteiger partial charge is 0.243 e. The molecule has 4 rings (SSSR count). The first-order valence-corrected chi connectivity index (χ1v) is 8.28. The Morgan fingerprint density at radius 1 is 1.17 bits per heavy atom. The largest absolute Gasteiger partial charge is 0.424 e. The molecule has 1 saturated heterocycles. The van der Waals surface area contributed by atoms with Gasteiger partial charge < -0.3 is 8.94 Å². The molecule has 1 atom stereocenters. The zero-order chi connectivity index (χ0) is 15.8. The minimum absolute atomic E-state index is 0.156. The third-order valence-electron chi connectivity index (χ3n) is 4.62. The molecule has 0 bridgehead atoms. The Hall–Kier alpha value is -1.80. The zero-order valence-electron chi connectivity index (χ0n) is 13.6. The second kappa shape index (κ2) is 6.01. The first kappa shape index (κ1) is 14.8. The average molecular weight is 318 g/mol. The molecule has 2 aliphatic rings. The molecular formula is C15H22N6O2. The van der Waals surface area contributed by atoms with Gasteiger partial charge in [0.15, 0.2) is 5.82 Å². The summed E-state index contributed by atoms with van der Waals surface area (Å²) < 4.78 is 11.0. The van der Waals surface area contributed by atoms with Gasteiger partial charge in [0.2, 0.25) is 17.7 Å². The molecule has 0 radical (unpaired) electrons. The lowest BCUT2D eigenvalue weighted by atomic mass is 10.2. The van der Waals surface area contributed by atoms with E-state index in [1.807, 2.05) is 6.92 Å². The van der Waals surface area contributed by atoms with Gasteiger partial charge in [0.1, 0.15) is 0 Å². The van der Waals surface area contributed by atoms with Crippen molar-refractivity contribution in [3.63, 3.8) is 0 Å². The summed E-state index contributed by atoms with van der Waals surface area (Å²) in [6.07, 6.45) is 2.38. The van der Waals surface area contributed by atoms with Crippen LogP contribution in [0.5, 0.6) is 0 Å². The first-order chi connectivity index (χ1) is 11.2. The SMILES string of the molecule is Cc1noc([C@@H](C)N2CCN(Cc3nnc(C4CC4)o3)CC2)n1. The highest BCUT2D eigenvalue weighted by molar-refractivity contribution is 5.00. The Labute approximate surface area is 134 Å². The predicted octanol–water partition coefficient (Wildman–Crippen LogP) is 1.52. The van der Waals surface area contributed by atoms with E-state index in [4.69, 9.17) is 8.94 Å². The van der Waals surface area contributed by atoms with Gasteiger partial charge in [-0.1, -0.05) is 5.16 Å².